The lowest BCUT2D eigenvalue weighted by Gasteiger charge is -2.10. The van der Waals surface area contributed by atoms with Gasteiger partial charge in [-0.25, -0.2) is 13.4 Å². The van der Waals surface area contributed by atoms with Gasteiger partial charge in [0.05, 0.1) is 24.0 Å². The fourth-order valence-corrected chi connectivity index (χ4v) is 1.96. The van der Waals surface area contributed by atoms with Crippen LogP contribution in [0.2, 0.25) is 0 Å². The van der Waals surface area contributed by atoms with Crippen LogP contribution in [0.5, 0.6) is 0 Å². The number of sulfonamides is 1. The Morgan fingerprint density at radius 2 is 2.06 bits per heavy atom. The first-order valence-electron chi connectivity index (χ1n) is 4.61. The normalized spacial score (nSPS) is 11.3. The number of nitrogens with zero attached hydrogens (tertiary/aromatic N) is 2. The maximum atomic E-state index is 11.2. The zero-order valence-electron chi connectivity index (χ0n) is 8.66. The zero-order chi connectivity index (χ0) is 11.6. The first-order valence-corrected chi connectivity index (χ1v) is 6.50. The fourth-order valence-electron chi connectivity index (χ4n) is 1.39. The molecule has 5 nitrogen and oxygen atoms in total. The van der Waals surface area contributed by atoms with Gasteiger partial charge in [-0.2, -0.15) is 0 Å². The lowest BCUT2D eigenvalue weighted by atomic mass is 10.3. The summed E-state index contributed by atoms with van der Waals surface area (Å²) in [6, 6.07) is 7.13. The minimum Gasteiger partial charge on any atom is -0.304 e. The van der Waals surface area contributed by atoms with Crippen molar-refractivity contribution < 1.29 is 8.42 Å². The van der Waals surface area contributed by atoms with Gasteiger partial charge in [0.1, 0.15) is 0 Å². The average Bonchev–Trinajstić information content (AvgIpc) is 2.69. The van der Waals surface area contributed by atoms with Crippen LogP contribution in [0.1, 0.15) is 0 Å². The van der Waals surface area contributed by atoms with E-state index in [1.54, 1.807) is 35.4 Å². The number of benzene rings is 1. The second-order valence-electron chi connectivity index (χ2n) is 3.36. The van der Waals surface area contributed by atoms with E-state index in [2.05, 4.69) is 9.71 Å². The Morgan fingerprint density at radius 1 is 1.31 bits per heavy atom. The summed E-state index contributed by atoms with van der Waals surface area (Å²) in [5, 5.41) is 0. The Hall–Kier alpha value is -1.82. The van der Waals surface area contributed by atoms with Gasteiger partial charge >= 0.3 is 0 Å². The maximum absolute atomic E-state index is 11.2. The molecule has 0 saturated carbocycles. The molecule has 0 radical (unpaired) electrons. The molecule has 0 aliphatic rings. The van der Waals surface area contributed by atoms with E-state index in [0.717, 1.165) is 11.9 Å². The van der Waals surface area contributed by atoms with Gasteiger partial charge in [0, 0.05) is 12.4 Å². The lowest BCUT2D eigenvalue weighted by molar-refractivity contribution is 0.607. The number of anilines is 1. The molecule has 2 aromatic rings. The van der Waals surface area contributed by atoms with Crippen LogP contribution < -0.4 is 4.72 Å². The Bertz CT molecular complexity index is 576. The van der Waals surface area contributed by atoms with Gasteiger partial charge in [-0.1, -0.05) is 12.1 Å². The van der Waals surface area contributed by atoms with Crippen LogP contribution >= 0.6 is 0 Å². The molecule has 1 aromatic heterocycles. The van der Waals surface area contributed by atoms with Crippen molar-refractivity contribution in [1.82, 2.24) is 9.55 Å². The highest BCUT2D eigenvalue weighted by molar-refractivity contribution is 7.92. The molecule has 0 aliphatic carbocycles. The van der Waals surface area contributed by atoms with Crippen molar-refractivity contribution in [3.05, 3.63) is 43.0 Å². The highest BCUT2D eigenvalue weighted by Crippen LogP contribution is 2.20. The monoisotopic (exact) mass is 237 g/mol. The number of imidazole rings is 1. The van der Waals surface area contributed by atoms with Crippen molar-refractivity contribution in [3.63, 3.8) is 0 Å². The number of para-hydroxylation sites is 2. The van der Waals surface area contributed by atoms with Crippen molar-refractivity contribution in [3.8, 4) is 5.69 Å². The number of hydrogen-bond donors (Lipinski definition) is 1. The van der Waals surface area contributed by atoms with E-state index < -0.39 is 10.0 Å². The van der Waals surface area contributed by atoms with Crippen molar-refractivity contribution in [2.45, 2.75) is 0 Å². The van der Waals surface area contributed by atoms with Crippen LogP contribution in [0.15, 0.2) is 43.0 Å². The molecule has 0 saturated heterocycles. The van der Waals surface area contributed by atoms with E-state index in [4.69, 9.17) is 0 Å². The molecule has 0 unspecified atom stereocenters. The van der Waals surface area contributed by atoms with Crippen molar-refractivity contribution in [1.29, 1.82) is 0 Å². The number of rotatable bonds is 3. The number of hydrogen-bond acceptors (Lipinski definition) is 3. The van der Waals surface area contributed by atoms with Crippen LogP contribution in [-0.2, 0) is 10.0 Å². The Balaban J connectivity index is 2.47. The summed E-state index contributed by atoms with van der Waals surface area (Å²) < 4.78 is 26.6. The fraction of sp³-hybridized carbons (Fsp3) is 0.100. The van der Waals surface area contributed by atoms with Gasteiger partial charge in [-0.3, -0.25) is 4.72 Å². The van der Waals surface area contributed by atoms with E-state index in [1.165, 1.54) is 0 Å². The Morgan fingerprint density at radius 3 is 2.69 bits per heavy atom. The van der Waals surface area contributed by atoms with Crippen LogP contribution in [0.25, 0.3) is 5.69 Å². The van der Waals surface area contributed by atoms with Crippen LogP contribution in [0.4, 0.5) is 5.69 Å². The summed E-state index contributed by atoms with van der Waals surface area (Å²) in [6.45, 7) is 0. The SMILES string of the molecule is CS(=O)(=O)Nc1ccccc1-n1ccnc1. The first-order chi connectivity index (χ1) is 7.56. The van der Waals surface area contributed by atoms with Gasteiger partial charge < -0.3 is 4.57 Å². The predicted molar refractivity (Wildman–Crippen MR) is 62.0 cm³/mol. The van der Waals surface area contributed by atoms with Gasteiger partial charge in [-0.15, -0.1) is 0 Å². The molecule has 1 aromatic carbocycles. The van der Waals surface area contributed by atoms with E-state index >= 15 is 0 Å². The molecular weight excluding hydrogens is 226 g/mol. The molecule has 6 heteroatoms. The topological polar surface area (TPSA) is 64.0 Å². The van der Waals surface area contributed by atoms with Crippen molar-refractivity contribution in [2.75, 3.05) is 11.0 Å². The van der Waals surface area contributed by atoms with E-state index in [-0.39, 0.29) is 0 Å². The maximum Gasteiger partial charge on any atom is 0.229 e. The molecule has 16 heavy (non-hydrogen) atoms. The molecule has 2 rings (SSSR count). The Labute approximate surface area is 93.8 Å². The molecule has 84 valence electrons. The average molecular weight is 237 g/mol. The first kappa shape index (κ1) is 10.7. The molecule has 0 spiro atoms. The number of nitrogens with one attached hydrogen (secondary N) is 1. The molecule has 0 amide bonds. The highest BCUT2D eigenvalue weighted by Gasteiger charge is 2.07. The Kier molecular flexibility index (Phi) is 2.66. The van der Waals surface area contributed by atoms with Gasteiger partial charge in [-0.05, 0) is 12.1 Å². The van der Waals surface area contributed by atoms with Gasteiger partial charge in [0.15, 0.2) is 0 Å². The van der Waals surface area contributed by atoms with E-state index in [9.17, 15) is 8.42 Å². The second kappa shape index (κ2) is 3.97. The molecular formula is C10H11N3O2S. The standard InChI is InChI=1S/C10H11N3O2S/c1-16(14,15)12-9-4-2-3-5-10(9)13-7-6-11-8-13/h2-8,12H,1H3. The van der Waals surface area contributed by atoms with E-state index in [0.29, 0.717) is 5.69 Å². The zero-order valence-corrected chi connectivity index (χ0v) is 9.48. The third kappa shape index (κ3) is 2.40. The second-order valence-corrected chi connectivity index (χ2v) is 5.11. The third-order valence-corrected chi connectivity index (χ3v) is 2.57. The smallest absolute Gasteiger partial charge is 0.229 e. The third-order valence-electron chi connectivity index (χ3n) is 1.98. The molecule has 0 aliphatic heterocycles. The van der Waals surface area contributed by atoms with Crippen LogP contribution in [0.3, 0.4) is 0 Å². The minimum absolute atomic E-state index is 0.531. The summed E-state index contributed by atoms with van der Waals surface area (Å²) in [4.78, 5) is 3.92. The molecule has 0 bridgehead atoms. The van der Waals surface area contributed by atoms with Gasteiger partial charge in [0.25, 0.3) is 0 Å². The molecule has 1 N–H and O–H groups in total. The summed E-state index contributed by atoms with van der Waals surface area (Å²) in [7, 11) is -3.27. The van der Waals surface area contributed by atoms with Crippen molar-refractivity contribution >= 4 is 15.7 Å². The van der Waals surface area contributed by atoms with E-state index in [1.807, 2.05) is 12.1 Å². The quantitative estimate of drug-likeness (QED) is 0.873. The summed E-state index contributed by atoms with van der Waals surface area (Å²) in [5.74, 6) is 0. The van der Waals surface area contributed by atoms with Gasteiger partial charge in [0.2, 0.25) is 10.0 Å². The minimum atomic E-state index is -3.27. The number of aromatic nitrogens is 2. The van der Waals surface area contributed by atoms with Crippen LogP contribution in [0, 0.1) is 0 Å². The summed E-state index contributed by atoms with van der Waals surface area (Å²) in [6.07, 6.45) is 6.13. The predicted octanol–water partition coefficient (Wildman–Crippen LogP) is 1.24. The highest BCUT2D eigenvalue weighted by atomic mass is 32.2. The lowest BCUT2D eigenvalue weighted by Crippen LogP contribution is -2.11. The summed E-state index contributed by atoms with van der Waals surface area (Å²) >= 11 is 0. The largest absolute Gasteiger partial charge is 0.304 e. The van der Waals surface area contributed by atoms with Crippen molar-refractivity contribution in [2.24, 2.45) is 0 Å². The van der Waals surface area contributed by atoms with Crippen LogP contribution in [-0.4, -0.2) is 24.2 Å². The summed E-state index contributed by atoms with van der Waals surface area (Å²) in [5.41, 5.74) is 1.27. The molecule has 0 atom stereocenters. The molecule has 1 heterocycles. The molecule has 0 fully saturated rings.